The third-order valence-electron chi connectivity index (χ3n) is 5.47. The van der Waals surface area contributed by atoms with Crippen molar-refractivity contribution in [1.82, 2.24) is 20.0 Å². The molecular weight excluding hydrogens is 337 g/mol. The maximum absolute atomic E-state index is 13.1. The number of morpholine rings is 1. The molecule has 2 fully saturated rings. The van der Waals surface area contributed by atoms with Gasteiger partial charge in [-0.25, -0.2) is 14.4 Å². The Balaban J connectivity index is 1.39. The fraction of sp³-hybridized carbons (Fsp3) is 0.611. The number of hydrogen-bond acceptors (Lipinski definition) is 7. The summed E-state index contributed by atoms with van der Waals surface area (Å²) < 4.78 is 24.5. The summed E-state index contributed by atoms with van der Waals surface area (Å²) in [5.41, 5.74) is 1.98. The Morgan fingerprint density at radius 1 is 1.15 bits per heavy atom. The number of halogens is 1. The molecule has 7 nitrogen and oxygen atoms in total. The summed E-state index contributed by atoms with van der Waals surface area (Å²) in [5.74, 6) is 1.06. The topological polar surface area (TPSA) is 67.5 Å². The second-order valence-electron chi connectivity index (χ2n) is 7.23. The van der Waals surface area contributed by atoms with Crippen LogP contribution in [0.25, 0.3) is 0 Å². The number of nitrogens with zero attached hydrogens (tertiary/aromatic N) is 5. The van der Waals surface area contributed by atoms with E-state index in [1.165, 1.54) is 18.0 Å². The predicted molar refractivity (Wildman–Crippen MR) is 93.4 cm³/mol. The normalized spacial score (nSPS) is 20.7. The van der Waals surface area contributed by atoms with Crippen LogP contribution in [0.5, 0.6) is 0 Å². The number of likely N-dealkylation sites (tertiary alicyclic amines) is 1. The molecule has 0 amide bonds. The number of rotatable bonds is 3. The van der Waals surface area contributed by atoms with E-state index in [0.29, 0.717) is 12.6 Å². The fourth-order valence-electron chi connectivity index (χ4n) is 3.86. The van der Waals surface area contributed by atoms with Gasteiger partial charge in [-0.2, -0.15) is 0 Å². The highest BCUT2D eigenvalue weighted by Gasteiger charge is 2.40. The molecule has 2 aliphatic rings. The summed E-state index contributed by atoms with van der Waals surface area (Å²) in [5, 5.41) is 4.04. The fourth-order valence-corrected chi connectivity index (χ4v) is 3.86. The van der Waals surface area contributed by atoms with Crippen LogP contribution in [0, 0.1) is 19.7 Å². The van der Waals surface area contributed by atoms with Crippen LogP contribution >= 0.6 is 0 Å². The largest absolute Gasteiger partial charge is 0.371 e. The zero-order valence-corrected chi connectivity index (χ0v) is 15.2. The maximum Gasteiger partial charge on any atom is 0.225 e. The smallest absolute Gasteiger partial charge is 0.225 e. The maximum atomic E-state index is 13.1. The van der Waals surface area contributed by atoms with Crippen LogP contribution in [0.1, 0.15) is 29.9 Å². The quantitative estimate of drug-likeness (QED) is 0.829. The minimum absolute atomic E-state index is 0.175. The molecule has 26 heavy (non-hydrogen) atoms. The van der Waals surface area contributed by atoms with Gasteiger partial charge in [-0.1, -0.05) is 5.16 Å². The van der Waals surface area contributed by atoms with Crippen molar-refractivity contribution in [2.24, 2.45) is 0 Å². The van der Waals surface area contributed by atoms with Gasteiger partial charge in [0, 0.05) is 31.7 Å². The van der Waals surface area contributed by atoms with Gasteiger partial charge in [0.1, 0.15) is 5.76 Å². The van der Waals surface area contributed by atoms with Gasteiger partial charge in [0.2, 0.25) is 5.95 Å². The van der Waals surface area contributed by atoms with Crippen LogP contribution in [-0.4, -0.2) is 58.4 Å². The molecular formula is C18H24FN5O2. The van der Waals surface area contributed by atoms with Crippen molar-refractivity contribution in [2.75, 3.05) is 37.7 Å². The molecule has 140 valence electrons. The van der Waals surface area contributed by atoms with Gasteiger partial charge in [0.25, 0.3) is 0 Å². The van der Waals surface area contributed by atoms with E-state index in [-0.39, 0.29) is 5.60 Å². The van der Waals surface area contributed by atoms with E-state index in [1.807, 2.05) is 13.8 Å². The van der Waals surface area contributed by atoms with Crippen LogP contribution < -0.4 is 4.90 Å². The zero-order chi connectivity index (χ0) is 18.1. The first-order chi connectivity index (χ1) is 12.5. The number of piperidine rings is 1. The summed E-state index contributed by atoms with van der Waals surface area (Å²) in [6.45, 7) is 8.86. The van der Waals surface area contributed by atoms with Gasteiger partial charge < -0.3 is 14.2 Å². The Bertz CT molecular complexity index is 736. The first-order valence-electron chi connectivity index (χ1n) is 9.05. The molecule has 0 bridgehead atoms. The van der Waals surface area contributed by atoms with E-state index < -0.39 is 5.82 Å². The third-order valence-corrected chi connectivity index (χ3v) is 5.47. The van der Waals surface area contributed by atoms with E-state index in [2.05, 4.69) is 24.9 Å². The summed E-state index contributed by atoms with van der Waals surface area (Å²) in [6, 6.07) is 0. The highest BCUT2D eigenvalue weighted by Crippen LogP contribution is 2.32. The van der Waals surface area contributed by atoms with Crippen molar-refractivity contribution < 1.29 is 13.7 Å². The summed E-state index contributed by atoms with van der Waals surface area (Å²) >= 11 is 0. The van der Waals surface area contributed by atoms with Crippen molar-refractivity contribution in [1.29, 1.82) is 0 Å². The lowest BCUT2D eigenvalue weighted by Crippen LogP contribution is -2.57. The molecule has 0 aliphatic carbocycles. The minimum Gasteiger partial charge on any atom is -0.371 e. The number of aryl methyl sites for hydroxylation is 2. The van der Waals surface area contributed by atoms with Gasteiger partial charge >= 0.3 is 0 Å². The molecule has 0 radical (unpaired) electrons. The molecule has 4 heterocycles. The lowest BCUT2D eigenvalue weighted by atomic mass is 9.89. The van der Waals surface area contributed by atoms with Crippen LogP contribution in [0.4, 0.5) is 10.3 Å². The van der Waals surface area contributed by atoms with Crippen LogP contribution in [-0.2, 0) is 11.3 Å². The average Bonchev–Trinajstić information content (AvgIpc) is 2.96. The molecule has 2 aromatic rings. The number of anilines is 1. The Kier molecular flexibility index (Phi) is 4.62. The molecule has 0 atom stereocenters. The monoisotopic (exact) mass is 361 g/mol. The SMILES string of the molecule is Cc1noc(C)c1CN1CCC2(CC1)CN(c1ncc(F)cn1)CCO2. The Morgan fingerprint density at radius 2 is 1.88 bits per heavy atom. The van der Waals surface area contributed by atoms with Crippen LogP contribution in [0.3, 0.4) is 0 Å². The highest BCUT2D eigenvalue weighted by molar-refractivity contribution is 5.31. The Hall–Kier alpha value is -2.06. The molecule has 8 heteroatoms. The number of ether oxygens (including phenoxy) is 1. The predicted octanol–water partition coefficient (Wildman–Crippen LogP) is 2.09. The molecule has 4 rings (SSSR count). The molecule has 0 N–H and O–H groups in total. The Labute approximate surface area is 152 Å². The van der Waals surface area contributed by atoms with Gasteiger partial charge in [0.15, 0.2) is 5.82 Å². The number of aromatic nitrogens is 3. The lowest BCUT2D eigenvalue weighted by molar-refractivity contribution is -0.0924. The standard InChI is InChI=1S/C18H24FN5O2/c1-13-16(14(2)26-22-13)11-23-5-3-18(4-6-23)12-24(7-8-25-18)17-20-9-15(19)10-21-17/h9-10H,3-8,11-12H2,1-2H3. The van der Waals surface area contributed by atoms with Crippen molar-refractivity contribution in [3.05, 3.63) is 35.2 Å². The summed E-state index contributed by atoms with van der Waals surface area (Å²) in [7, 11) is 0. The van der Waals surface area contributed by atoms with Crippen LogP contribution in [0.15, 0.2) is 16.9 Å². The molecule has 0 saturated carbocycles. The summed E-state index contributed by atoms with van der Waals surface area (Å²) in [4.78, 5) is 12.8. The second-order valence-corrected chi connectivity index (χ2v) is 7.23. The first kappa shape index (κ1) is 17.4. The van der Waals surface area contributed by atoms with Crippen molar-refractivity contribution in [2.45, 2.75) is 38.8 Å². The van der Waals surface area contributed by atoms with Crippen molar-refractivity contribution in [3.63, 3.8) is 0 Å². The van der Waals surface area contributed by atoms with E-state index in [0.717, 1.165) is 57.0 Å². The molecule has 0 aromatic carbocycles. The minimum atomic E-state index is -0.413. The van der Waals surface area contributed by atoms with Crippen molar-refractivity contribution >= 4 is 5.95 Å². The van der Waals surface area contributed by atoms with Gasteiger partial charge in [-0.15, -0.1) is 0 Å². The molecule has 2 saturated heterocycles. The van der Waals surface area contributed by atoms with Gasteiger partial charge in [-0.05, 0) is 26.7 Å². The van der Waals surface area contributed by atoms with E-state index in [4.69, 9.17) is 9.26 Å². The lowest BCUT2D eigenvalue weighted by Gasteiger charge is -2.47. The van der Waals surface area contributed by atoms with E-state index >= 15 is 0 Å². The molecule has 2 aliphatic heterocycles. The van der Waals surface area contributed by atoms with E-state index in [1.54, 1.807) is 0 Å². The van der Waals surface area contributed by atoms with Gasteiger partial charge in [-0.3, -0.25) is 4.90 Å². The number of hydrogen-bond donors (Lipinski definition) is 0. The van der Waals surface area contributed by atoms with Crippen molar-refractivity contribution in [3.8, 4) is 0 Å². The Morgan fingerprint density at radius 3 is 2.54 bits per heavy atom. The highest BCUT2D eigenvalue weighted by atomic mass is 19.1. The van der Waals surface area contributed by atoms with Gasteiger partial charge in [0.05, 0.1) is 36.8 Å². The zero-order valence-electron chi connectivity index (χ0n) is 15.2. The second kappa shape index (κ2) is 6.92. The molecule has 1 spiro atoms. The third kappa shape index (κ3) is 3.43. The molecule has 0 unspecified atom stereocenters. The van der Waals surface area contributed by atoms with Crippen LogP contribution in [0.2, 0.25) is 0 Å². The summed E-state index contributed by atoms with van der Waals surface area (Å²) in [6.07, 6.45) is 4.34. The molecule has 2 aromatic heterocycles. The van der Waals surface area contributed by atoms with E-state index in [9.17, 15) is 4.39 Å². The first-order valence-corrected chi connectivity index (χ1v) is 9.05. The average molecular weight is 361 g/mol.